The van der Waals surface area contributed by atoms with Gasteiger partial charge >= 0.3 is 0 Å². The van der Waals surface area contributed by atoms with E-state index in [0.717, 1.165) is 5.56 Å². The van der Waals surface area contributed by atoms with Gasteiger partial charge in [0.15, 0.2) is 5.78 Å². The molecule has 0 amide bonds. The number of benzene rings is 1. The number of carbonyl (C=O) groups excluding carboxylic acids is 1. The zero-order chi connectivity index (χ0) is 12.1. The fourth-order valence-corrected chi connectivity index (χ4v) is 1.65. The lowest BCUT2D eigenvalue weighted by molar-refractivity contribution is -0.130. The molecule has 1 rings (SSSR count). The maximum atomic E-state index is 11.8. The number of rotatable bonds is 5. The second-order valence-corrected chi connectivity index (χ2v) is 4.25. The first-order valence-corrected chi connectivity index (χ1v) is 5.44. The third-order valence-corrected chi connectivity index (χ3v) is 2.64. The Morgan fingerprint density at radius 3 is 2.31 bits per heavy atom. The Bertz CT molecular complexity index is 333. The van der Waals surface area contributed by atoms with E-state index in [2.05, 4.69) is 0 Å². The van der Waals surface area contributed by atoms with E-state index in [9.17, 15) is 9.90 Å². The lowest BCUT2D eigenvalue weighted by Gasteiger charge is -2.24. The molecule has 0 aliphatic carbocycles. The maximum Gasteiger partial charge on any atom is 0.178 e. The average molecular weight is 221 g/mol. The first-order chi connectivity index (χ1) is 7.52. The van der Waals surface area contributed by atoms with Crippen molar-refractivity contribution in [1.82, 2.24) is 4.90 Å². The number of Topliss-reactive ketones (excluding diaryl/α,β-unsaturated/α-hetero) is 1. The van der Waals surface area contributed by atoms with Crippen molar-refractivity contribution in [1.29, 1.82) is 0 Å². The van der Waals surface area contributed by atoms with Gasteiger partial charge in [-0.15, -0.1) is 0 Å². The Labute approximate surface area is 96.7 Å². The lowest BCUT2D eigenvalue weighted by Crippen LogP contribution is -2.42. The van der Waals surface area contributed by atoms with Crippen molar-refractivity contribution in [3.05, 3.63) is 35.9 Å². The minimum Gasteiger partial charge on any atom is -0.386 e. The highest BCUT2D eigenvalue weighted by Crippen LogP contribution is 2.09. The van der Waals surface area contributed by atoms with Crippen molar-refractivity contribution in [2.75, 3.05) is 14.1 Å². The zero-order valence-corrected chi connectivity index (χ0v) is 10.1. The fraction of sp³-hybridized carbons (Fsp3) is 0.462. The second kappa shape index (κ2) is 5.77. The van der Waals surface area contributed by atoms with Gasteiger partial charge in [0.2, 0.25) is 0 Å². The lowest BCUT2D eigenvalue weighted by atomic mass is 9.99. The van der Waals surface area contributed by atoms with Crippen LogP contribution in [0.15, 0.2) is 30.3 Å². The molecule has 0 saturated carbocycles. The Hall–Kier alpha value is -1.19. The number of hydrogen-bond acceptors (Lipinski definition) is 3. The molecule has 88 valence electrons. The SMILES string of the molecule is CC(O)C(=O)C(Cc1ccccc1)N(C)C. The molecule has 1 aromatic carbocycles. The number of carbonyl (C=O) groups is 1. The molecule has 0 radical (unpaired) electrons. The van der Waals surface area contributed by atoms with Crippen molar-refractivity contribution >= 4 is 5.78 Å². The third kappa shape index (κ3) is 3.43. The van der Waals surface area contributed by atoms with Crippen LogP contribution < -0.4 is 0 Å². The number of ketones is 1. The molecule has 0 bridgehead atoms. The van der Waals surface area contributed by atoms with E-state index in [4.69, 9.17) is 0 Å². The van der Waals surface area contributed by atoms with E-state index in [1.165, 1.54) is 6.92 Å². The van der Waals surface area contributed by atoms with Crippen LogP contribution in [-0.2, 0) is 11.2 Å². The summed E-state index contributed by atoms with van der Waals surface area (Å²) in [5, 5.41) is 9.34. The fourth-order valence-electron chi connectivity index (χ4n) is 1.65. The quantitative estimate of drug-likeness (QED) is 0.809. The number of hydrogen-bond donors (Lipinski definition) is 1. The highest BCUT2D eigenvalue weighted by molar-refractivity contribution is 5.87. The molecule has 2 atom stereocenters. The minimum atomic E-state index is -0.906. The van der Waals surface area contributed by atoms with Gasteiger partial charge in [0, 0.05) is 0 Å². The van der Waals surface area contributed by atoms with Gasteiger partial charge in [0.1, 0.15) is 6.10 Å². The molecule has 0 aliphatic rings. The molecule has 2 unspecified atom stereocenters. The molecule has 16 heavy (non-hydrogen) atoms. The Morgan fingerprint density at radius 2 is 1.88 bits per heavy atom. The van der Waals surface area contributed by atoms with Crippen LogP contribution in [0, 0.1) is 0 Å². The van der Waals surface area contributed by atoms with E-state index >= 15 is 0 Å². The third-order valence-electron chi connectivity index (χ3n) is 2.64. The van der Waals surface area contributed by atoms with Gasteiger partial charge in [-0.05, 0) is 33.0 Å². The van der Waals surface area contributed by atoms with Crippen LogP contribution in [-0.4, -0.2) is 42.0 Å². The monoisotopic (exact) mass is 221 g/mol. The summed E-state index contributed by atoms with van der Waals surface area (Å²) >= 11 is 0. The van der Waals surface area contributed by atoms with Crippen LogP contribution in [0.2, 0.25) is 0 Å². The molecule has 0 spiro atoms. The second-order valence-electron chi connectivity index (χ2n) is 4.25. The predicted octanol–water partition coefficient (Wildman–Crippen LogP) is 1.11. The summed E-state index contributed by atoms with van der Waals surface area (Å²) in [6.45, 7) is 1.52. The summed E-state index contributed by atoms with van der Waals surface area (Å²) in [5.74, 6) is -0.131. The summed E-state index contributed by atoms with van der Waals surface area (Å²) in [7, 11) is 3.71. The summed E-state index contributed by atoms with van der Waals surface area (Å²) in [6, 6.07) is 9.58. The maximum absolute atomic E-state index is 11.8. The molecule has 3 nitrogen and oxygen atoms in total. The van der Waals surface area contributed by atoms with Crippen LogP contribution in [0.25, 0.3) is 0 Å². The smallest absolute Gasteiger partial charge is 0.178 e. The highest BCUT2D eigenvalue weighted by Gasteiger charge is 2.24. The molecule has 0 fully saturated rings. The number of likely N-dealkylation sites (N-methyl/N-ethyl adjacent to an activating group) is 1. The van der Waals surface area contributed by atoms with E-state index in [1.54, 1.807) is 0 Å². The first-order valence-electron chi connectivity index (χ1n) is 5.44. The normalized spacial score (nSPS) is 14.8. The molecule has 0 heterocycles. The molecule has 0 aliphatic heterocycles. The molecule has 1 aromatic rings. The summed E-state index contributed by atoms with van der Waals surface area (Å²) in [4.78, 5) is 13.6. The van der Waals surface area contributed by atoms with Crippen molar-refractivity contribution < 1.29 is 9.90 Å². The van der Waals surface area contributed by atoms with Crippen molar-refractivity contribution in [3.8, 4) is 0 Å². The number of nitrogens with zero attached hydrogens (tertiary/aromatic N) is 1. The molecule has 1 N–H and O–H groups in total. The number of aliphatic hydroxyl groups is 1. The van der Waals surface area contributed by atoms with Crippen LogP contribution >= 0.6 is 0 Å². The van der Waals surface area contributed by atoms with Crippen LogP contribution in [0.5, 0.6) is 0 Å². The van der Waals surface area contributed by atoms with Gasteiger partial charge in [0.05, 0.1) is 6.04 Å². The van der Waals surface area contributed by atoms with Gasteiger partial charge < -0.3 is 5.11 Å². The molecular formula is C13H19NO2. The minimum absolute atomic E-state index is 0.131. The van der Waals surface area contributed by atoms with Crippen LogP contribution in [0.3, 0.4) is 0 Å². The Balaban J connectivity index is 2.77. The van der Waals surface area contributed by atoms with Gasteiger partial charge in [-0.25, -0.2) is 0 Å². The van der Waals surface area contributed by atoms with Gasteiger partial charge in [0.25, 0.3) is 0 Å². The topological polar surface area (TPSA) is 40.5 Å². The van der Waals surface area contributed by atoms with E-state index in [-0.39, 0.29) is 11.8 Å². The summed E-state index contributed by atoms with van der Waals surface area (Å²) < 4.78 is 0. The molecule has 3 heteroatoms. The number of aliphatic hydroxyl groups excluding tert-OH is 1. The molecule has 0 aromatic heterocycles. The standard InChI is InChI=1S/C13H19NO2/c1-10(15)13(16)12(14(2)3)9-11-7-5-4-6-8-11/h4-8,10,12,15H,9H2,1-3H3. The average Bonchev–Trinajstić information content (AvgIpc) is 2.26. The summed E-state index contributed by atoms with van der Waals surface area (Å²) in [6.07, 6.45) is -0.270. The Morgan fingerprint density at radius 1 is 1.31 bits per heavy atom. The largest absolute Gasteiger partial charge is 0.386 e. The molecule has 0 saturated heterocycles. The van der Waals surface area contributed by atoms with Crippen molar-refractivity contribution in [2.24, 2.45) is 0 Å². The highest BCUT2D eigenvalue weighted by atomic mass is 16.3. The van der Waals surface area contributed by atoms with Crippen LogP contribution in [0.1, 0.15) is 12.5 Å². The first kappa shape index (κ1) is 12.9. The van der Waals surface area contributed by atoms with E-state index in [0.29, 0.717) is 6.42 Å². The Kier molecular flexibility index (Phi) is 4.65. The van der Waals surface area contributed by atoms with Crippen LogP contribution in [0.4, 0.5) is 0 Å². The van der Waals surface area contributed by atoms with Gasteiger partial charge in [-0.1, -0.05) is 30.3 Å². The molecular weight excluding hydrogens is 202 g/mol. The van der Waals surface area contributed by atoms with Crippen molar-refractivity contribution in [3.63, 3.8) is 0 Å². The van der Waals surface area contributed by atoms with E-state index < -0.39 is 6.10 Å². The zero-order valence-electron chi connectivity index (χ0n) is 10.1. The van der Waals surface area contributed by atoms with Crippen molar-refractivity contribution in [2.45, 2.75) is 25.5 Å². The van der Waals surface area contributed by atoms with Gasteiger partial charge in [-0.2, -0.15) is 0 Å². The summed E-state index contributed by atoms with van der Waals surface area (Å²) in [5.41, 5.74) is 1.11. The van der Waals surface area contributed by atoms with E-state index in [1.807, 2.05) is 49.3 Å². The van der Waals surface area contributed by atoms with Gasteiger partial charge in [-0.3, -0.25) is 9.69 Å². The predicted molar refractivity (Wildman–Crippen MR) is 64.3 cm³/mol.